The Kier molecular flexibility index (Phi) is 5.57. The van der Waals surface area contributed by atoms with E-state index in [1.807, 2.05) is 36.4 Å². The minimum Gasteiger partial charge on any atom is -0.456 e. The van der Waals surface area contributed by atoms with Crippen molar-refractivity contribution in [2.45, 2.75) is 0 Å². The topological polar surface area (TPSA) is 57.0 Å². The summed E-state index contributed by atoms with van der Waals surface area (Å²) in [6.07, 6.45) is 0. The minimum absolute atomic E-state index is 0.582. The monoisotopic (exact) mass is 701 g/mol. The first-order valence-corrected chi connectivity index (χ1v) is 18.6. The van der Waals surface area contributed by atoms with Gasteiger partial charge in [0, 0.05) is 37.9 Å². The van der Waals surface area contributed by atoms with Gasteiger partial charge in [0.1, 0.15) is 28.0 Å². The van der Waals surface area contributed by atoms with Crippen molar-refractivity contribution < 1.29 is 8.83 Å². The largest absolute Gasteiger partial charge is 0.456 e. The van der Waals surface area contributed by atoms with Crippen molar-refractivity contribution in [2.24, 2.45) is 0 Å². The lowest BCUT2D eigenvalue weighted by Gasteiger charge is -2.12. The summed E-state index contributed by atoms with van der Waals surface area (Å²) < 4.78 is 15.2. The van der Waals surface area contributed by atoms with E-state index in [1.165, 1.54) is 43.1 Å². The maximum Gasteiger partial charge on any atom is 0.236 e. The first kappa shape index (κ1) is 29.0. The van der Waals surface area contributed by atoms with Gasteiger partial charge >= 0.3 is 0 Å². The van der Waals surface area contributed by atoms with Gasteiger partial charge < -0.3 is 8.83 Å². The van der Waals surface area contributed by atoms with Crippen molar-refractivity contribution in [3.05, 3.63) is 164 Å². The quantitative estimate of drug-likeness (QED) is 0.168. The molecule has 0 atom stereocenters. The molecule has 4 heterocycles. The number of rotatable bonds is 2. The van der Waals surface area contributed by atoms with Crippen LogP contribution in [0.3, 0.4) is 0 Å². The zero-order valence-electron chi connectivity index (χ0n) is 29.2. The summed E-state index contributed by atoms with van der Waals surface area (Å²) in [4.78, 5) is 10.9. The smallest absolute Gasteiger partial charge is 0.236 e. The predicted molar refractivity (Wildman–Crippen MR) is 226 cm³/mol. The number of aromatic nitrogens is 3. The van der Waals surface area contributed by atoms with Gasteiger partial charge in [0.05, 0.1) is 11.0 Å². The SMILES string of the molecule is c1ccc2cc3c(cc2c1)c1c2c4ccccc4c4ccccc4c2ccc1n3-c1nc(-c2ccc3c(c2)oc2ccccc23)c2oc3ccccc3c2n1. The standard InChI is InChI=1S/C50H27N3O2/c1-2-12-29-26-41-39(25-28(29)11-1)46-40(24-23-37-33-15-4-3-13-31(33)32-14-5-6-17-36(32)45(37)46)53(41)50-51-47(49-48(52-50)38-18-8-10-20-43(38)55-49)30-21-22-35-34-16-7-9-19-42(34)54-44(35)27-30/h1-27H. The molecule has 0 spiro atoms. The van der Waals surface area contributed by atoms with Crippen molar-refractivity contribution >= 4 is 109 Å². The molecule has 0 aliphatic rings. The fraction of sp³-hybridized carbons (Fsp3) is 0. The lowest BCUT2D eigenvalue weighted by Crippen LogP contribution is -2.03. The summed E-state index contributed by atoms with van der Waals surface area (Å²) in [7, 11) is 0. The van der Waals surface area contributed by atoms with Crippen molar-refractivity contribution in [3.63, 3.8) is 0 Å². The summed E-state index contributed by atoms with van der Waals surface area (Å²) >= 11 is 0. The first-order chi connectivity index (χ1) is 27.3. The minimum atomic E-state index is 0.582. The molecular weight excluding hydrogens is 675 g/mol. The number of benzene rings is 9. The van der Waals surface area contributed by atoms with Gasteiger partial charge in [0.15, 0.2) is 5.58 Å². The van der Waals surface area contributed by atoms with E-state index in [-0.39, 0.29) is 0 Å². The summed E-state index contributed by atoms with van der Waals surface area (Å²) in [5, 5.41) is 15.2. The maximum absolute atomic E-state index is 6.60. The molecule has 0 aliphatic heterocycles. The van der Waals surface area contributed by atoms with Crippen LogP contribution in [0, 0.1) is 0 Å². The molecule has 55 heavy (non-hydrogen) atoms. The molecule has 0 aliphatic carbocycles. The highest BCUT2D eigenvalue weighted by atomic mass is 16.3. The third-order valence-corrected chi connectivity index (χ3v) is 11.6. The lowest BCUT2D eigenvalue weighted by atomic mass is 9.91. The second kappa shape index (κ2) is 10.6. The van der Waals surface area contributed by atoms with Crippen LogP contribution >= 0.6 is 0 Å². The van der Waals surface area contributed by atoms with Crippen LogP contribution in [0.5, 0.6) is 0 Å². The van der Waals surface area contributed by atoms with Crippen LogP contribution in [0.2, 0.25) is 0 Å². The molecule has 5 nitrogen and oxygen atoms in total. The van der Waals surface area contributed by atoms with E-state index in [0.29, 0.717) is 17.2 Å². The normalized spacial score (nSPS) is 12.4. The molecule has 0 N–H and O–H groups in total. The average Bonchev–Trinajstić information content (AvgIpc) is 3.91. The third kappa shape index (κ3) is 3.91. The van der Waals surface area contributed by atoms with Crippen LogP contribution in [0.25, 0.3) is 126 Å². The van der Waals surface area contributed by atoms with E-state index in [0.717, 1.165) is 65.8 Å². The maximum atomic E-state index is 6.60. The Bertz CT molecular complexity index is 3760. The van der Waals surface area contributed by atoms with E-state index in [4.69, 9.17) is 18.8 Å². The second-order valence-corrected chi connectivity index (χ2v) is 14.5. The van der Waals surface area contributed by atoms with E-state index in [2.05, 4.69) is 132 Å². The first-order valence-electron chi connectivity index (χ1n) is 18.6. The third-order valence-electron chi connectivity index (χ3n) is 11.6. The molecule has 13 rings (SSSR count). The predicted octanol–water partition coefficient (Wildman–Crippen LogP) is 13.7. The molecule has 0 amide bonds. The lowest BCUT2D eigenvalue weighted by molar-refractivity contribution is 0.666. The Morgan fingerprint density at radius 2 is 0.964 bits per heavy atom. The summed E-state index contributed by atoms with van der Waals surface area (Å²) in [6, 6.07) is 57.9. The molecule has 0 radical (unpaired) electrons. The fourth-order valence-electron chi connectivity index (χ4n) is 9.15. The molecular formula is C50H27N3O2. The second-order valence-electron chi connectivity index (χ2n) is 14.5. The zero-order chi connectivity index (χ0) is 35.8. The van der Waals surface area contributed by atoms with Crippen molar-refractivity contribution in [3.8, 4) is 17.2 Å². The molecule has 0 fully saturated rings. The number of furan rings is 2. The Labute approximate surface area is 312 Å². The molecule has 0 bridgehead atoms. The molecule has 0 saturated heterocycles. The van der Waals surface area contributed by atoms with Crippen LogP contribution in [-0.4, -0.2) is 14.5 Å². The highest BCUT2D eigenvalue weighted by Crippen LogP contribution is 2.45. The number of hydrogen-bond donors (Lipinski definition) is 0. The number of hydrogen-bond acceptors (Lipinski definition) is 4. The van der Waals surface area contributed by atoms with Gasteiger partial charge in [-0.25, -0.2) is 9.97 Å². The molecule has 0 unspecified atom stereocenters. The van der Waals surface area contributed by atoms with Crippen LogP contribution < -0.4 is 0 Å². The van der Waals surface area contributed by atoms with Crippen LogP contribution in [0.1, 0.15) is 0 Å². The van der Waals surface area contributed by atoms with Crippen LogP contribution in [0.15, 0.2) is 173 Å². The van der Waals surface area contributed by atoms with Gasteiger partial charge in [-0.2, -0.15) is 0 Å². The zero-order valence-corrected chi connectivity index (χ0v) is 29.2. The van der Waals surface area contributed by atoms with E-state index in [9.17, 15) is 0 Å². The summed E-state index contributed by atoms with van der Waals surface area (Å²) in [6.45, 7) is 0. The van der Waals surface area contributed by atoms with Gasteiger partial charge in [-0.05, 0) is 86.2 Å². The van der Waals surface area contributed by atoms with Crippen molar-refractivity contribution in [2.75, 3.05) is 0 Å². The van der Waals surface area contributed by atoms with Gasteiger partial charge in [-0.3, -0.25) is 4.57 Å². The number of nitrogens with zero attached hydrogens (tertiary/aromatic N) is 3. The van der Waals surface area contributed by atoms with Gasteiger partial charge in [0.25, 0.3) is 0 Å². The average molecular weight is 702 g/mol. The van der Waals surface area contributed by atoms with Gasteiger partial charge in [-0.1, -0.05) is 115 Å². The highest BCUT2D eigenvalue weighted by Gasteiger charge is 2.24. The van der Waals surface area contributed by atoms with E-state index in [1.54, 1.807) is 0 Å². The number of fused-ring (bicyclic) bond motifs is 17. The van der Waals surface area contributed by atoms with Crippen molar-refractivity contribution in [1.29, 1.82) is 0 Å². The van der Waals surface area contributed by atoms with Crippen molar-refractivity contribution in [1.82, 2.24) is 14.5 Å². The fourth-order valence-corrected chi connectivity index (χ4v) is 9.15. The van der Waals surface area contributed by atoms with E-state index >= 15 is 0 Å². The van der Waals surface area contributed by atoms with Gasteiger partial charge in [0.2, 0.25) is 5.95 Å². The Balaban J connectivity index is 1.20. The summed E-state index contributed by atoms with van der Waals surface area (Å²) in [5.74, 6) is 0.582. The molecule has 0 saturated carbocycles. The Morgan fingerprint density at radius 3 is 1.75 bits per heavy atom. The van der Waals surface area contributed by atoms with E-state index < -0.39 is 0 Å². The van der Waals surface area contributed by atoms with Gasteiger partial charge in [-0.15, -0.1) is 0 Å². The Morgan fingerprint density at radius 1 is 0.382 bits per heavy atom. The summed E-state index contributed by atoms with van der Waals surface area (Å²) in [5.41, 5.74) is 7.55. The molecule has 254 valence electrons. The molecule has 13 aromatic rings. The van der Waals surface area contributed by atoms with Crippen LogP contribution in [0.4, 0.5) is 0 Å². The number of para-hydroxylation sites is 2. The Hall–Kier alpha value is -7.50. The molecule has 5 heteroatoms. The highest BCUT2D eigenvalue weighted by molar-refractivity contribution is 6.35. The molecule has 9 aromatic carbocycles. The van der Waals surface area contributed by atoms with Crippen LogP contribution in [-0.2, 0) is 0 Å². The molecule has 4 aromatic heterocycles.